The molecule has 0 radical (unpaired) electrons. The molecular weight excluding hydrogens is 602 g/mol. The molecule has 0 fully saturated rings. The van der Waals surface area contributed by atoms with Gasteiger partial charge in [-0.15, -0.1) is 0 Å². The van der Waals surface area contributed by atoms with Crippen LogP contribution in [0.4, 0.5) is 0 Å². The van der Waals surface area contributed by atoms with Crippen LogP contribution >= 0.6 is 0 Å². The highest BCUT2D eigenvalue weighted by Gasteiger charge is 2.35. The van der Waals surface area contributed by atoms with Crippen molar-refractivity contribution in [1.29, 1.82) is 0 Å². The molecular formula is C37H49NO9. The molecule has 0 heterocycles. The van der Waals surface area contributed by atoms with Crippen molar-refractivity contribution in [2.24, 2.45) is 11.8 Å². The van der Waals surface area contributed by atoms with Gasteiger partial charge in [0.05, 0.1) is 18.3 Å². The molecule has 0 aliphatic carbocycles. The van der Waals surface area contributed by atoms with Gasteiger partial charge in [-0.2, -0.15) is 0 Å². The van der Waals surface area contributed by atoms with Crippen LogP contribution in [0.25, 0.3) is 0 Å². The number of ketones is 1. The lowest BCUT2D eigenvalue weighted by atomic mass is 9.87. The second-order valence-electron chi connectivity index (χ2n) is 11.8. The molecule has 0 bridgehead atoms. The molecule has 1 unspecified atom stereocenters. The fourth-order valence-corrected chi connectivity index (χ4v) is 5.21. The van der Waals surface area contributed by atoms with Gasteiger partial charge in [0.15, 0.2) is 0 Å². The first kappa shape index (κ1) is 38.7. The topological polar surface area (TPSA) is 167 Å². The molecule has 2 aromatic rings. The third-order valence-electron chi connectivity index (χ3n) is 7.88. The minimum Gasteiger partial charge on any atom is -0.481 e. The number of benzene rings is 2. The molecule has 0 aromatic heterocycles. The zero-order chi connectivity index (χ0) is 34.4. The summed E-state index contributed by atoms with van der Waals surface area (Å²) in [7, 11) is 0. The average molecular weight is 652 g/mol. The molecule has 0 spiro atoms. The van der Waals surface area contributed by atoms with E-state index in [2.05, 4.69) is 12.2 Å². The summed E-state index contributed by atoms with van der Waals surface area (Å²) >= 11 is 0. The number of Topliss-reactive ketones (excluding diaryl/α,β-unsaturated/α-hetero) is 1. The molecule has 4 N–H and O–H groups in total. The van der Waals surface area contributed by atoms with E-state index < -0.39 is 48.1 Å². The number of para-hydroxylation sites is 1. The van der Waals surface area contributed by atoms with Crippen LogP contribution in [0, 0.1) is 11.8 Å². The second kappa shape index (κ2) is 22.1. The van der Waals surface area contributed by atoms with Crippen LogP contribution in [0.2, 0.25) is 0 Å². The fourth-order valence-electron chi connectivity index (χ4n) is 5.21. The standard InChI is InChI=1S/C37H49NO9/c1-2-3-4-7-11-16-28(39)17-12-8-5-6-9-15-20-31(32(36(43)44)26-34(40)41)35(42)38-33(37(45)46)25-27-21-23-30(24-22-27)47-29-18-13-10-14-19-29/h10,13-15,18-24,31-33H,2-9,11-12,16-17,25-26H2,1H3,(H,38,42)(H,40,41)(H,43,44)(H,45,46)/b20-15+/t31-,32?,33-/m0/s1. The highest BCUT2D eigenvalue weighted by molar-refractivity contribution is 5.91. The highest BCUT2D eigenvalue weighted by atomic mass is 16.5. The van der Waals surface area contributed by atoms with Crippen LogP contribution in [-0.2, 0) is 30.4 Å². The molecule has 10 nitrogen and oxygen atoms in total. The highest BCUT2D eigenvalue weighted by Crippen LogP contribution is 2.23. The number of hydrogen-bond acceptors (Lipinski definition) is 6. The SMILES string of the molecule is CCCCCCCC(=O)CCCCCC/C=C/[C@H](C(=O)N[C@@H](Cc1ccc(Oc2ccccc2)cc1)C(=O)O)C(CC(=O)O)C(=O)O. The Hall–Kier alpha value is -4.47. The van der Waals surface area contributed by atoms with Crippen molar-refractivity contribution in [3.63, 3.8) is 0 Å². The number of hydrogen-bond donors (Lipinski definition) is 4. The van der Waals surface area contributed by atoms with Crippen LogP contribution < -0.4 is 10.1 Å². The van der Waals surface area contributed by atoms with E-state index in [1.807, 2.05) is 18.2 Å². The van der Waals surface area contributed by atoms with Crippen LogP contribution in [0.15, 0.2) is 66.7 Å². The summed E-state index contributed by atoms with van der Waals surface area (Å²) in [4.78, 5) is 60.9. The normalized spacial score (nSPS) is 13.0. The maximum Gasteiger partial charge on any atom is 0.326 e. The minimum absolute atomic E-state index is 0.0822. The summed E-state index contributed by atoms with van der Waals surface area (Å²) in [6.45, 7) is 2.16. The first-order valence-corrected chi connectivity index (χ1v) is 16.6. The monoisotopic (exact) mass is 651 g/mol. The largest absolute Gasteiger partial charge is 0.481 e. The van der Waals surface area contributed by atoms with Crippen molar-refractivity contribution in [3.8, 4) is 11.5 Å². The van der Waals surface area contributed by atoms with Crippen molar-refractivity contribution < 1.29 is 44.0 Å². The Kier molecular flexibility index (Phi) is 18.2. The number of carboxylic acid groups (broad SMARTS) is 3. The van der Waals surface area contributed by atoms with Crippen molar-refractivity contribution >= 4 is 29.6 Å². The van der Waals surface area contributed by atoms with Gasteiger partial charge in [-0.05, 0) is 55.5 Å². The molecule has 0 aliphatic rings. The molecule has 0 saturated heterocycles. The van der Waals surface area contributed by atoms with Crippen LogP contribution in [0.3, 0.4) is 0 Å². The second-order valence-corrected chi connectivity index (χ2v) is 11.8. The summed E-state index contributed by atoms with van der Waals surface area (Å²) < 4.78 is 5.76. The number of unbranched alkanes of at least 4 members (excludes halogenated alkanes) is 8. The van der Waals surface area contributed by atoms with Gasteiger partial charge in [0.1, 0.15) is 23.3 Å². The van der Waals surface area contributed by atoms with Crippen molar-refractivity contribution in [2.45, 2.75) is 103 Å². The van der Waals surface area contributed by atoms with E-state index in [9.17, 15) is 39.3 Å². The van der Waals surface area contributed by atoms with E-state index in [4.69, 9.17) is 4.74 Å². The number of carboxylic acids is 3. The molecule has 2 aromatic carbocycles. The lowest BCUT2D eigenvalue weighted by Crippen LogP contribution is -2.47. The Bertz CT molecular complexity index is 1290. The van der Waals surface area contributed by atoms with Crippen molar-refractivity contribution in [3.05, 3.63) is 72.3 Å². The number of carbonyl (C=O) groups excluding carboxylic acids is 2. The number of rotatable bonds is 25. The molecule has 0 aliphatic heterocycles. The summed E-state index contributed by atoms with van der Waals surface area (Å²) in [6.07, 6.45) is 12.7. The van der Waals surface area contributed by atoms with Crippen molar-refractivity contribution in [1.82, 2.24) is 5.32 Å². The van der Waals surface area contributed by atoms with Gasteiger partial charge < -0.3 is 25.4 Å². The predicted molar refractivity (Wildman–Crippen MR) is 178 cm³/mol. The smallest absolute Gasteiger partial charge is 0.326 e. The van der Waals surface area contributed by atoms with E-state index >= 15 is 0 Å². The van der Waals surface area contributed by atoms with E-state index in [1.165, 1.54) is 25.3 Å². The lowest BCUT2D eigenvalue weighted by molar-refractivity contribution is -0.152. The number of ether oxygens (including phenoxy) is 1. The first-order chi connectivity index (χ1) is 22.6. The summed E-state index contributed by atoms with van der Waals surface area (Å²) in [5.41, 5.74) is 0.596. The number of amides is 1. The zero-order valence-corrected chi connectivity index (χ0v) is 27.3. The van der Waals surface area contributed by atoms with E-state index in [1.54, 1.807) is 42.5 Å². The molecule has 3 atom stereocenters. The van der Waals surface area contributed by atoms with E-state index in [0.717, 1.165) is 38.5 Å². The minimum atomic E-state index is -1.58. The average Bonchev–Trinajstić information content (AvgIpc) is 3.03. The number of aliphatic carboxylic acids is 3. The maximum atomic E-state index is 13.3. The van der Waals surface area contributed by atoms with Gasteiger partial charge in [-0.3, -0.25) is 19.2 Å². The quantitative estimate of drug-likeness (QED) is 0.0640. The number of allylic oxidation sites excluding steroid dienone is 1. The number of carbonyl (C=O) groups is 5. The number of nitrogens with one attached hydrogen (secondary N) is 1. The van der Waals surface area contributed by atoms with Crippen LogP contribution in [0.1, 0.15) is 96.0 Å². The van der Waals surface area contributed by atoms with Gasteiger partial charge >= 0.3 is 17.9 Å². The Morgan fingerprint density at radius 1 is 0.745 bits per heavy atom. The fraction of sp³-hybridized carbons (Fsp3) is 0.486. The van der Waals surface area contributed by atoms with Gasteiger partial charge in [-0.1, -0.05) is 87.9 Å². The molecule has 10 heteroatoms. The Morgan fingerprint density at radius 3 is 1.91 bits per heavy atom. The molecule has 256 valence electrons. The summed E-state index contributed by atoms with van der Waals surface area (Å²) in [5, 5.41) is 31.3. The predicted octanol–water partition coefficient (Wildman–Crippen LogP) is 7.21. The van der Waals surface area contributed by atoms with Gasteiger partial charge in [0.2, 0.25) is 5.91 Å². The van der Waals surface area contributed by atoms with Crippen molar-refractivity contribution in [2.75, 3.05) is 0 Å². The van der Waals surface area contributed by atoms with Crippen LogP contribution in [0.5, 0.6) is 11.5 Å². The Morgan fingerprint density at radius 2 is 1.34 bits per heavy atom. The maximum absolute atomic E-state index is 13.3. The third kappa shape index (κ3) is 16.1. The lowest BCUT2D eigenvalue weighted by Gasteiger charge is -2.22. The first-order valence-electron chi connectivity index (χ1n) is 16.6. The van der Waals surface area contributed by atoms with Gasteiger partial charge in [-0.25, -0.2) is 4.79 Å². The molecule has 0 saturated carbocycles. The zero-order valence-electron chi connectivity index (χ0n) is 27.3. The molecule has 47 heavy (non-hydrogen) atoms. The molecule has 2 rings (SSSR count). The Balaban J connectivity index is 1.94. The third-order valence-corrected chi connectivity index (χ3v) is 7.88. The Labute approximate surface area is 277 Å². The van der Waals surface area contributed by atoms with E-state index in [0.29, 0.717) is 42.1 Å². The van der Waals surface area contributed by atoms with Gasteiger partial charge in [0, 0.05) is 19.3 Å². The van der Waals surface area contributed by atoms with E-state index in [-0.39, 0.29) is 6.42 Å². The van der Waals surface area contributed by atoms with Crippen LogP contribution in [-0.4, -0.2) is 51.0 Å². The summed E-state index contributed by atoms with van der Waals surface area (Å²) in [6, 6.07) is 14.4. The molecule has 1 amide bonds. The van der Waals surface area contributed by atoms with Gasteiger partial charge in [0.25, 0.3) is 0 Å². The summed E-state index contributed by atoms with van der Waals surface area (Å²) in [5.74, 6) is -6.53.